The highest BCUT2D eigenvalue weighted by Crippen LogP contribution is 2.19. The van der Waals surface area contributed by atoms with Crippen molar-refractivity contribution in [3.8, 4) is 0 Å². The zero-order chi connectivity index (χ0) is 12.3. The van der Waals surface area contributed by atoms with Crippen molar-refractivity contribution < 1.29 is 18.7 Å². The van der Waals surface area contributed by atoms with Gasteiger partial charge in [-0.15, -0.1) is 0 Å². The molecule has 16 heavy (non-hydrogen) atoms. The van der Waals surface area contributed by atoms with Crippen molar-refractivity contribution in [2.45, 2.75) is 20.3 Å². The van der Waals surface area contributed by atoms with Crippen LogP contribution in [0, 0.1) is 23.5 Å². The predicted molar refractivity (Wildman–Crippen MR) is 56.0 cm³/mol. The van der Waals surface area contributed by atoms with E-state index in [1.54, 1.807) is 13.8 Å². The fourth-order valence-electron chi connectivity index (χ4n) is 1.53. The number of carbonyl (C=O) groups is 1. The number of halogens is 2. The Labute approximate surface area is 92.9 Å². The molecule has 0 fully saturated rings. The van der Waals surface area contributed by atoms with E-state index in [0.29, 0.717) is 5.56 Å². The summed E-state index contributed by atoms with van der Waals surface area (Å²) in [7, 11) is 0. The Bertz CT molecular complexity index is 389. The van der Waals surface area contributed by atoms with Crippen LogP contribution in [0.3, 0.4) is 0 Å². The number of carboxylic acid groups (broad SMARTS) is 1. The summed E-state index contributed by atoms with van der Waals surface area (Å²) in [6.45, 7) is 3.58. The molecule has 0 saturated heterocycles. The standard InChI is InChI=1S/C12H14F2O2/c1-7(2)9(12(15)16)5-8-3-4-10(13)11(14)6-8/h3-4,6-7,9H,5H2,1-2H3,(H,15,16). The Balaban J connectivity index is 2.86. The second kappa shape index (κ2) is 5.05. The van der Waals surface area contributed by atoms with Crippen molar-refractivity contribution in [3.05, 3.63) is 35.4 Å². The minimum Gasteiger partial charge on any atom is -0.481 e. The van der Waals surface area contributed by atoms with Crippen LogP contribution in [0.4, 0.5) is 8.78 Å². The summed E-state index contributed by atoms with van der Waals surface area (Å²) in [5.74, 6) is -3.40. The van der Waals surface area contributed by atoms with Gasteiger partial charge in [0.15, 0.2) is 11.6 Å². The summed E-state index contributed by atoms with van der Waals surface area (Å²) in [5.41, 5.74) is 0.500. The van der Waals surface area contributed by atoms with Crippen molar-refractivity contribution in [1.29, 1.82) is 0 Å². The van der Waals surface area contributed by atoms with Crippen molar-refractivity contribution in [2.75, 3.05) is 0 Å². The molecule has 0 bridgehead atoms. The van der Waals surface area contributed by atoms with E-state index in [-0.39, 0.29) is 12.3 Å². The number of rotatable bonds is 4. The average molecular weight is 228 g/mol. The Kier molecular flexibility index (Phi) is 3.99. The number of benzene rings is 1. The maximum absolute atomic E-state index is 12.9. The van der Waals surface area contributed by atoms with Crippen LogP contribution in [0.15, 0.2) is 18.2 Å². The lowest BCUT2D eigenvalue weighted by atomic mass is 9.89. The third kappa shape index (κ3) is 3.02. The van der Waals surface area contributed by atoms with E-state index in [1.807, 2.05) is 0 Å². The lowest BCUT2D eigenvalue weighted by molar-refractivity contribution is -0.143. The molecule has 1 atom stereocenters. The fourth-order valence-corrected chi connectivity index (χ4v) is 1.53. The number of carboxylic acids is 1. The molecule has 1 aromatic rings. The predicted octanol–water partition coefficient (Wildman–Crippen LogP) is 2.86. The van der Waals surface area contributed by atoms with Gasteiger partial charge in [-0.1, -0.05) is 19.9 Å². The normalized spacial score (nSPS) is 12.8. The van der Waals surface area contributed by atoms with E-state index < -0.39 is 23.5 Å². The van der Waals surface area contributed by atoms with Gasteiger partial charge in [0.2, 0.25) is 0 Å². The van der Waals surface area contributed by atoms with Crippen molar-refractivity contribution in [1.82, 2.24) is 0 Å². The quantitative estimate of drug-likeness (QED) is 0.860. The molecule has 1 rings (SSSR count). The van der Waals surface area contributed by atoms with Gasteiger partial charge in [0.25, 0.3) is 0 Å². The Morgan fingerprint density at radius 2 is 1.94 bits per heavy atom. The summed E-state index contributed by atoms with van der Waals surface area (Å²) in [5, 5.41) is 8.96. The average Bonchev–Trinajstić information content (AvgIpc) is 2.18. The van der Waals surface area contributed by atoms with Gasteiger partial charge in [-0.2, -0.15) is 0 Å². The van der Waals surface area contributed by atoms with Crippen molar-refractivity contribution in [2.24, 2.45) is 11.8 Å². The molecule has 0 aliphatic rings. The first-order valence-corrected chi connectivity index (χ1v) is 5.08. The summed E-state index contributed by atoms with van der Waals surface area (Å²) < 4.78 is 25.6. The van der Waals surface area contributed by atoms with Crippen molar-refractivity contribution >= 4 is 5.97 Å². The largest absolute Gasteiger partial charge is 0.481 e. The number of aliphatic carboxylic acids is 1. The molecule has 0 aromatic heterocycles. The van der Waals surface area contributed by atoms with Gasteiger partial charge in [0.1, 0.15) is 0 Å². The van der Waals surface area contributed by atoms with Crippen LogP contribution in [-0.4, -0.2) is 11.1 Å². The van der Waals surface area contributed by atoms with Gasteiger partial charge in [-0.05, 0) is 30.0 Å². The molecular weight excluding hydrogens is 214 g/mol. The SMILES string of the molecule is CC(C)C(Cc1ccc(F)c(F)c1)C(=O)O. The van der Waals surface area contributed by atoms with Crippen LogP contribution in [0.1, 0.15) is 19.4 Å². The second-order valence-corrected chi connectivity index (χ2v) is 4.14. The van der Waals surface area contributed by atoms with Crippen LogP contribution in [-0.2, 0) is 11.2 Å². The molecular formula is C12H14F2O2. The van der Waals surface area contributed by atoms with E-state index in [4.69, 9.17) is 5.11 Å². The smallest absolute Gasteiger partial charge is 0.307 e. The van der Waals surface area contributed by atoms with Crippen molar-refractivity contribution in [3.63, 3.8) is 0 Å². The van der Waals surface area contributed by atoms with Gasteiger partial charge in [0.05, 0.1) is 5.92 Å². The Hall–Kier alpha value is -1.45. The van der Waals surface area contributed by atoms with E-state index in [1.165, 1.54) is 6.07 Å². The molecule has 1 unspecified atom stereocenters. The molecule has 1 N–H and O–H groups in total. The van der Waals surface area contributed by atoms with E-state index in [2.05, 4.69) is 0 Å². The first-order valence-electron chi connectivity index (χ1n) is 5.08. The van der Waals surface area contributed by atoms with Gasteiger partial charge in [-0.25, -0.2) is 8.78 Å². The highest BCUT2D eigenvalue weighted by molar-refractivity contribution is 5.70. The van der Waals surface area contributed by atoms with E-state index in [9.17, 15) is 13.6 Å². The fraction of sp³-hybridized carbons (Fsp3) is 0.417. The molecule has 0 heterocycles. The molecule has 0 spiro atoms. The maximum atomic E-state index is 12.9. The zero-order valence-electron chi connectivity index (χ0n) is 9.21. The van der Waals surface area contributed by atoms with Crippen LogP contribution in [0.5, 0.6) is 0 Å². The highest BCUT2D eigenvalue weighted by atomic mass is 19.2. The molecule has 88 valence electrons. The molecule has 0 amide bonds. The summed E-state index contributed by atoms with van der Waals surface area (Å²) in [6, 6.07) is 3.48. The lowest BCUT2D eigenvalue weighted by Gasteiger charge is -2.16. The Morgan fingerprint density at radius 1 is 1.31 bits per heavy atom. The van der Waals surface area contributed by atoms with E-state index >= 15 is 0 Å². The topological polar surface area (TPSA) is 37.3 Å². The Morgan fingerprint density at radius 3 is 2.38 bits per heavy atom. The van der Waals surface area contributed by atoms with Crippen LogP contribution >= 0.6 is 0 Å². The first kappa shape index (κ1) is 12.6. The molecule has 1 aromatic carbocycles. The molecule has 0 aliphatic carbocycles. The lowest BCUT2D eigenvalue weighted by Crippen LogP contribution is -2.22. The van der Waals surface area contributed by atoms with Crippen LogP contribution in [0.2, 0.25) is 0 Å². The maximum Gasteiger partial charge on any atom is 0.307 e. The van der Waals surface area contributed by atoms with Crippen LogP contribution in [0.25, 0.3) is 0 Å². The highest BCUT2D eigenvalue weighted by Gasteiger charge is 2.22. The molecule has 0 aliphatic heterocycles. The second-order valence-electron chi connectivity index (χ2n) is 4.14. The number of hydrogen-bond donors (Lipinski definition) is 1. The van der Waals surface area contributed by atoms with Gasteiger partial charge in [0, 0.05) is 0 Å². The zero-order valence-corrected chi connectivity index (χ0v) is 9.21. The minimum absolute atomic E-state index is 0.0504. The molecule has 0 radical (unpaired) electrons. The summed E-state index contributed by atoms with van der Waals surface area (Å²) in [6.07, 6.45) is 0.212. The van der Waals surface area contributed by atoms with Gasteiger partial charge in [-0.3, -0.25) is 4.79 Å². The van der Waals surface area contributed by atoms with Gasteiger partial charge < -0.3 is 5.11 Å². The summed E-state index contributed by atoms with van der Waals surface area (Å²) >= 11 is 0. The monoisotopic (exact) mass is 228 g/mol. The summed E-state index contributed by atoms with van der Waals surface area (Å²) in [4.78, 5) is 10.9. The third-order valence-corrected chi connectivity index (χ3v) is 2.56. The first-order chi connectivity index (χ1) is 7.41. The molecule has 4 heteroatoms. The number of hydrogen-bond acceptors (Lipinski definition) is 1. The van der Waals surface area contributed by atoms with Gasteiger partial charge >= 0.3 is 5.97 Å². The molecule has 0 saturated carbocycles. The third-order valence-electron chi connectivity index (χ3n) is 2.56. The minimum atomic E-state index is -0.939. The van der Waals surface area contributed by atoms with E-state index in [0.717, 1.165) is 12.1 Å². The van der Waals surface area contributed by atoms with Crippen LogP contribution < -0.4 is 0 Å². The molecule has 2 nitrogen and oxygen atoms in total.